The van der Waals surface area contributed by atoms with Crippen LogP contribution in [-0.4, -0.2) is 22.9 Å². The molecule has 0 aliphatic rings. The Labute approximate surface area is 106 Å². The van der Waals surface area contributed by atoms with Gasteiger partial charge in [0.1, 0.15) is 0 Å². The SMILES string of the molecule is O=C(CCCl)Nc1ccc(Br)cc1C(=O)O. The average molecular weight is 307 g/mol. The lowest BCUT2D eigenvalue weighted by molar-refractivity contribution is -0.115. The summed E-state index contributed by atoms with van der Waals surface area (Å²) < 4.78 is 0.639. The number of carbonyl (C=O) groups excluding carboxylic acids is 1. The molecule has 16 heavy (non-hydrogen) atoms. The zero-order valence-corrected chi connectivity index (χ0v) is 10.5. The van der Waals surface area contributed by atoms with Crippen molar-refractivity contribution in [2.75, 3.05) is 11.2 Å². The molecule has 1 aromatic carbocycles. The highest BCUT2D eigenvalue weighted by atomic mass is 79.9. The summed E-state index contributed by atoms with van der Waals surface area (Å²) in [7, 11) is 0. The predicted octanol–water partition coefficient (Wildman–Crippen LogP) is 2.71. The molecule has 0 saturated heterocycles. The maximum absolute atomic E-state index is 11.3. The van der Waals surface area contributed by atoms with Crippen molar-refractivity contribution in [2.45, 2.75) is 6.42 Å². The van der Waals surface area contributed by atoms with Crippen LogP contribution in [0, 0.1) is 0 Å². The lowest BCUT2D eigenvalue weighted by Crippen LogP contribution is -2.14. The van der Waals surface area contributed by atoms with Gasteiger partial charge in [-0.15, -0.1) is 11.6 Å². The summed E-state index contributed by atoms with van der Waals surface area (Å²) in [5, 5.41) is 11.4. The molecule has 0 bridgehead atoms. The van der Waals surface area contributed by atoms with E-state index in [0.717, 1.165) is 0 Å². The zero-order valence-electron chi connectivity index (χ0n) is 8.17. The van der Waals surface area contributed by atoms with Gasteiger partial charge in [-0.25, -0.2) is 4.79 Å². The van der Waals surface area contributed by atoms with E-state index < -0.39 is 5.97 Å². The summed E-state index contributed by atoms with van der Waals surface area (Å²) in [4.78, 5) is 22.2. The van der Waals surface area contributed by atoms with Gasteiger partial charge in [0.2, 0.25) is 5.91 Å². The molecule has 1 rings (SSSR count). The van der Waals surface area contributed by atoms with Crippen molar-refractivity contribution in [3.05, 3.63) is 28.2 Å². The minimum Gasteiger partial charge on any atom is -0.478 e. The lowest BCUT2D eigenvalue weighted by atomic mass is 10.2. The summed E-state index contributed by atoms with van der Waals surface area (Å²) in [5.74, 6) is -1.20. The number of carboxylic acid groups (broad SMARTS) is 1. The van der Waals surface area contributed by atoms with Crippen LogP contribution >= 0.6 is 27.5 Å². The molecule has 0 heterocycles. The molecule has 0 radical (unpaired) electrons. The monoisotopic (exact) mass is 305 g/mol. The van der Waals surface area contributed by atoms with Gasteiger partial charge in [-0.3, -0.25) is 4.79 Å². The van der Waals surface area contributed by atoms with Gasteiger partial charge in [0.15, 0.2) is 0 Å². The molecule has 1 aromatic rings. The van der Waals surface area contributed by atoms with E-state index in [0.29, 0.717) is 4.47 Å². The standard InChI is InChI=1S/C10H9BrClNO3/c11-6-1-2-8(7(5-6)10(15)16)13-9(14)3-4-12/h1-2,5H,3-4H2,(H,13,14)(H,15,16). The second-order valence-electron chi connectivity index (χ2n) is 2.98. The Hall–Kier alpha value is -1.07. The van der Waals surface area contributed by atoms with E-state index in [-0.39, 0.29) is 29.5 Å². The molecule has 0 aliphatic carbocycles. The van der Waals surface area contributed by atoms with Crippen molar-refractivity contribution in [1.29, 1.82) is 0 Å². The van der Waals surface area contributed by atoms with Crippen molar-refractivity contribution < 1.29 is 14.7 Å². The second kappa shape index (κ2) is 5.86. The minimum atomic E-state index is -1.09. The van der Waals surface area contributed by atoms with Gasteiger partial charge in [-0.2, -0.15) is 0 Å². The van der Waals surface area contributed by atoms with E-state index in [9.17, 15) is 9.59 Å². The van der Waals surface area contributed by atoms with Crippen LogP contribution in [0.15, 0.2) is 22.7 Å². The van der Waals surface area contributed by atoms with Gasteiger partial charge < -0.3 is 10.4 Å². The van der Waals surface area contributed by atoms with Crippen LogP contribution in [0.3, 0.4) is 0 Å². The fourth-order valence-corrected chi connectivity index (χ4v) is 1.63. The third kappa shape index (κ3) is 3.50. The number of hydrogen-bond donors (Lipinski definition) is 2. The summed E-state index contributed by atoms with van der Waals surface area (Å²) in [6, 6.07) is 4.61. The van der Waals surface area contributed by atoms with Crippen LogP contribution in [0.5, 0.6) is 0 Å². The fraction of sp³-hybridized carbons (Fsp3) is 0.200. The molecule has 6 heteroatoms. The number of benzene rings is 1. The highest BCUT2D eigenvalue weighted by Gasteiger charge is 2.12. The molecular weight excluding hydrogens is 297 g/mol. The van der Waals surface area contributed by atoms with Gasteiger partial charge in [0, 0.05) is 16.8 Å². The summed E-state index contributed by atoms with van der Waals surface area (Å²) >= 11 is 8.57. The van der Waals surface area contributed by atoms with Gasteiger partial charge in [0.05, 0.1) is 11.3 Å². The molecule has 0 atom stereocenters. The maximum Gasteiger partial charge on any atom is 0.337 e. The number of anilines is 1. The Bertz CT molecular complexity index is 423. The molecule has 0 unspecified atom stereocenters. The molecule has 0 aliphatic heterocycles. The van der Waals surface area contributed by atoms with Crippen LogP contribution in [-0.2, 0) is 4.79 Å². The predicted molar refractivity (Wildman–Crippen MR) is 65.1 cm³/mol. The number of amides is 1. The normalized spacial score (nSPS) is 9.88. The second-order valence-corrected chi connectivity index (χ2v) is 4.28. The lowest BCUT2D eigenvalue weighted by Gasteiger charge is -2.07. The first kappa shape index (κ1) is 13.0. The van der Waals surface area contributed by atoms with Crippen LogP contribution in [0.25, 0.3) is 0 Å². The van der Waals surface area contributed by atoms with Crippen molar-refractivity contribution in [2.24, 2.45) is 0 Å². The first-order valence-electron chi connectivity index (χ1n) is 4.43. The van der Waals surface area contributed by atoms with Crippen molar-refractivity contribution >= 4 is 45.1 Å². The topological polar surface area (TPSA) is 66.4 Å². The van der Waals surface area contributed by atoms with E-state index in [1.807, 2.05) is 0 Å². The molecule has 0 aromatic heterocycles. The van der Waals surface area contributed by atoms with Crippen LogP contribution in [0.2, 0.25) is 0 Å². The van der Waals surface area contributed by atoms with Gasteiger partial charge >= 0.3 is 5.97 Å². The van der Waals surface area contributed by atoms with Gasteiger partial charge in [-0.05, 0) is 18.2 Å². The quantitative estimate of drug-likeness (QED) is 0.841. The van der Waals surface area contributed by atoms with Crippen LogP contribution in [0.4, 0.5) is 5.69 Å². The van der Waals surface area contributed by atoms with E-state index in [4.69, 9.17) is 16.7 Å². The largest absolute Gasteiger partial charge is 0.478 e. The van der Waals surface area contributed by atoms with Gasteiger partial charge in [-0.1, -0.05) is 15.9 Å². The third-order valence-electron chi connectivity index (χ3n) is 1.81. The first-order chi connectivity index (χ1) is 7.54. The molecule has 0 spiro atoms. The smallest absolute Gasteiger partial charge is 0.337 e. The van der Waals surface area contributed by atoms with Gasteiger partial charge in [0.25, 0.3) is 0 Å². The number of aromatic carboxylic acids is 1. The molecule has 4 nitrogen and oxygen atoms in total. The molecule has 2 N–H and O–H groups in total. The Morgan fingerprint density at radius 1 is 1.44 bits per heavy atom. The summed E-state index contributed by atoms with van der Waals surface area (Å²) in [6.07, 6.45) is 0.149. The number of carbonyl (C=O) groups is 2. The summed E-state index contributed by atoms with van der Waals surface area (Å²) in [6.45, 7) is 0. The Morgan fingerprint density at radius 2 is 2.12 bits per heavy atom. The van der Waals surface area contributed by atoms with E-state index in [1.165, 1.54) is 12.1 Å². The first-order valence-corrected chi connectivity index (χ1v) is 5.76. The molecule has 86 valence electrons. The van der Waals surface area contributed by atoms with Crippen LogP contribution in [0.1, 0.15) is 16.8 Å². The van der Waals surface area contributed by atoms with Crippen molar-refractivity contribution in [3.8, 4) is 0 Å². The molecule has 1 amide bonds. The van der Waals surface area contributed by atoms with Crippen LogP contribution < -0.4 is 5.32 Å². The average Bonchev–Trinajstić information content (AvgIpc) is 2.20. The minimum absolute atomic E-state index is 0.0392. The van der Waals surface area contributed by atoms with E-state index in [2.05, 4.69) is 21.2 Å². The van der Waals surface area contributed by atoms with Crippen molar-refractivity contribution in [3.63, 3.8) is 0 Å². The molecular formula is C10H9BrClNO3. The molecule has 0 saturated carbocycles. The van der Waals surface area contributed by atoms with Crippen molar-refractivity contribution in [1.82, 2.24) is 0 Å². The zero-order chi connectivity index (χ0) is 12.1. The van der Waals surface area contributed by atoms with E-state index >= 15 is 0 Å². The fourth-order valence-electron chi connectivity index (χ4n) is 1.10. The number of halogens is 2. The molecule has 0 fully saturated rings. The van der Waals surface area contributed by atoms with E-state index in [1.54, 1.807) is 6.07 Å². The highest BCUT2D eigenvalue weighted by Crippen LogP contribution is 2.21. The Morgan fingerprint density at radius 3 is 2.69 bits per heavy atom. The number of alkyl halides is 1. The Kier molecular flexibility index (Phi) is 4.76. The number of rotatable bonds is 4. The summed E-state index contributed by atoms with van der Waals surface area (Å²) in [5.41, 5.74) is 0.308. The highest BCUT2D eigenvalue weighted by molar-refractivity contribution is 9.10. The Balaban J connectivity index is 2.95. The number of nitrogens with one attached hydrogen (secondary N) is 1. The number of carboxylic acids is 1. The maximum atomic E-state index is 11.3. The third-order valence-corrected chi connectivity index (χ3v) is 2.49. The number of hydrogen-bond acceptors (Lipinski definition) is 2.